The maximum atomic E-state index is 6.01. The van der Waals surface area contributed by atoms with Gasteiger partial charge in [0.15, 0.2) is 0 Å². The van der Waals surface area contributed by atoms with Crippen molar-refractivity contribution in [3.05, 3.63) is 28.8 Å². The van der Waals surface area contributed by atoms with Gasteiger partial charge in [-0.3, -0.25) is 11.3 Å². The second-order valence-electron chi connectivity index (χ2n) is 4.65. The Morgan fingerprint density at radius 1 is 1.53 bits per heavy atom. The molecule has 1 saturated carbocycles. The molecule has 17 heavy (non-hydrogen) atoms. The van der Waals surface area contributed by atoms with Crippen molar-refractivity contribution >= 4 is 11.6 Å². The number of halogens is 1. The second-order valence-corrected chi connectivity index (χ2v) is 5.05. The fourth-order valence-electron chi connectivity index (χ4n) is 2.26. The van der Waals surface area contributed by atoms with E-state index in [4.69, 9.17) is 22.2 Å². The van der Waals surface area contributed by atoms with E-state index in [1.165, 1.54) is 19.3 Å². The molecule has 4 heteroatoms. The van der Waals surface area contributed by atoms with Gasteiger partial charge >= 0.3 is 0 Å². The van der Waals surface area contributed by atoms with Crippen LogP contribution in [0.3, 0.4) is 0 Å². The molecular formula is C13H19ClN2O. The lowest BCUT2D eigenvalue weighted by Gasteiger charge is -2.29. The average Bonchev–Trinajstić information content (AvgIpc) is 2.29. The summed E-state index contributed by atoms with van der Waals surface area (Å²) < 4.78 is 5.23. The van der Waals surface area contributed by atoms with Gasteiger partial charge in [-0.15, -0.1) is 0 Å². The molecule has 2 rings (SSSR count). The molecule has 1 aliphatic carbocycles. The first-order valence-electron chi connectivity index (χ1n) is 6.04. The zero-order valence-corrected chi connectivity index (χ0v) is 10.8. The van der Waals surface area contributed by atoms with Crippen LogP contribution in [0.25, 0.3) is 0 Å². The van der Waals surface area contributed by atoms with E-state index < -0.39 is 0 Å². The zero-order chi connectivity index (χ0) is 12.3. The second kappa shape index (κ2) is 5.71. The Balaban J connectivity index is 2.11. The van der Waals surface area contributed by atoms with Crippen molar-refractivity contribution in [1.29, 1.82) is 0 Å². The Labute approximate surface area is 107 Å². The number of rotatable bonds is 5. The van der Waals surface area contributed by atoms with E-state index in [-0.39, 0.29) is 6.04 Å². The van der Waals surface area contributed by atoms with E-state index in [0.29, 0.717) is 10.8 Å². The van der Waals surface area contributed by atoms with Crippen LogP contribution in [0.4, 0.5) is 0 Å². The standard InChI is InChI=1S/C13H19ClN2O/c1-17-13-8-10(5-6-11(13)14)12(16-15)7-9-3-2-4-9/h5-6,8-9,12,16H,2-4,7,15H2,1H3. The average molecular weight is 255 g/mol. The van der Waals surface area contributed by atoms with Gasteiger partial charge in [0.1, 0.15) is 5.75 Å². The Morgan fingerprint density at radius 3 is 2.82 bits per heavy atom. The van der Waals surface area contributed by atoms with Crippen LogP contribution in [-0.4, -0.2) is 7.11 Å². The monoisotopic (exact) mass is 254 g/mol. The molecule has 94 valence electrons. The summed E-state index contributed by atoms with van der Waals surface area (Å²) in [7, 11) is 1.63. The summed E-state index contributed by atoms with van der Waals surface area (Å²) in [6, 6.07) is 6.02. The largest absolute Gasteiger partial charge is 0.495 e. The predicted octanol–water partition coefficient (Wildman–Crippen LogP) is 3.04. The molecular weight excluding hydrogens is 236 g/mol. The van der Waals surface area contributed by atoms with Crippen molar-refractivity contribution in [3.8, 4) is 5.75 Å². The van der Waals surface area contributed by atoms with Crippen LogP contribution in [0.1, 0.15) is 37.3 Å². The van der Waals surface area contributed by atoms with Gasteiger partial charge in [-0.2, -0.15) is 0 Å². The van der Waals surface area contributed by atoms with E-state index in [1.54, 1.807) is 7.11 Å². The van der Waals surface area contributed by atoms with Gasteiger partial charge in [-0.05, 0) is 30.0 Å². The molecule has 1 aliphatic rings. The van der Waals surface area contributed by atoms with Crippen LogP contribution in [0.15, 0.2) is 18.2 Å². The summed E-state index contributed by atoms with van der Waals surface area (Å²) in [5.41, 5.74) is 4.03. The molecule has 0 heterocycles. The number of hydrazine groups is 1. The van der Waals surface area contributed by atoms with Crippen molar-refractivity contribution in [3.63, 3.8) is 0 Å². The van der Waals surface area contributed by atoms with E-state index in [1.807, 2.05) is 18.2 Å². The first kappa shape index (κ1) is 12.7. The predicted molar refractivity (Wildman–Crippen MR) is 70.0 cm³/mol. The number of hydrogen-bond acceptors (Lipinski definition) is 3. The number of ether oxygens (including phenoxy) is 1. The number of nitrogens with two attached hydrogens (primary N) is 1. The van der Waals surface area contributed by atoms with Gasteiger partial charge in [-0.25, -0.2) is 0 Å². The topological polar surface area (TPSA) is 47.3 Å². The Bertz CT molecular complexity index is 380. The van der Waals surface area contributed by atoms with Crippen LogP contribution in [0.5, 0.6) is 5.75 Å². The quantitative estimate of drug-likeness (QED) is 0.627. The summed E-state index contributed by atoms with van der Waals surface area (Å²) in [5, 5.41) is 0.635. The normalized spacial score (nSPS) is 17.6. The van der Waals surface area contributed by atoms with Crippen molar-refractivity contribution in [2.75, 3.05) is 7.11 Å². The molecule has 0 aromatic heterocycles. The van der Waals surface area contributed by atoms with Crippen molar-refractivity contribution in [1.82, 2.24) is 5.43 Å². The molecule has 1 aromatic rings. The number of hydrogen-bond donors (Lipinski definition) is 2. The van der Waals surface area contributed by atoms with Crippen LogP contribution < -0.4 is 16.0 Å². The van der Waals surface area contributed by atoms with Crippen LogP contribution in [0, 0.1) is 5.92 Å². The third-order valence-corrected chi connectivity index (χ3v) is 3.88. The van der Waals surface area contributed by atoms with Crippen LogP contribution in [-0.2, 0) is 0 Å². The van der Waals surface area contributed by atoms with Crippen molar-refractivity contribution < 1.29 is 4.74 Å². The van der Waals surface area contributed by atoms with Gasteiger partial charge in [0, 0.05) is 6.04 Å². The molecule has 1 fully saturated rings. The Kier molecular flexibility index (Phi) is 4.26. The van der Waals surface area contributed by atoms with E-state index >= 15 is 0 Å². The minimum absolute atomic E-state index is 0.187. The third kappa shape index (κ3) is 2.92. The lowest BCUT2D eigenvalue weighted by atomic mass is 9.80. The molecule has 1 unspecified atom stereocenters. The third-order valence-electron chi connectivity index (χ3n) is 3.57. The first-order valence-corrected chi connectivity index (χ1v) is 6.42. The molecule has 0 amide bonds. The fourth-order valence-corrected chi connectivity index (χ4v) is 2.45. The minimum Gasteiger partial charge on any atom is -0.495 e. The smallest absolute Gasteiger partial charge is 0.137 e. The SMILES string of the molecule is COc1cc(C(CC2CCC2)NN)ccc1Cl. The van der Waals surface area contributed by atoms with Gasteiger partial charge in [0.2, 0.25) is 0 Å². The summed E-state index contributed by atoms with van der Waals surface area (Å²) in [6.45, 7) is 0. The molecule has 0 saturated heterocycles. The maximum absolute atomic E-state index is 6.01. The van der Waals surface area contributed by atoms with Crippen molar-refractivity contribution in [2.45, 2.75) is 31.7 Å². The van der Waals surface area contributed by atoms with E-state index in [0.717, 1.165) is 17.9 Å². The lowest BCUT2D eigenvalue weighted by Crippen LogP contribution is -2.31. The van der Waals surface area contributed by atoms with Crippen LogP contribution in [0.2, 0.25) is 5.02 Å². The number of benzene rings is 1. The molecule has 1 aromatic carbocycles. The number of nitrogens with one attached hydrogen (secondary N) is 1. The molecule has 3 nitrogen and oxygen atoms in total. The summed E-state index contributed by atoms with van der Waals surface area (Å²) in [4.78, 5) is 0. The summed E-state index contributed by atoms with van der Waals surface area (Å²) in [6.07, 6.45) is 5.08. The highest BCUT2D eigenvalue weighted by molar-refractivity contribution is 6.32. The summed E-state index contributed by atoms with van der Waals surface area (Å²) in [5.74, 6) is 7.15. The van der Waals surface area contributed by atoms with Gasteiger partial charge < -0.3 is 4.74 Å². The van der Waals surface area contributed by atoms with E-state index in [9.17, 15) is 0 Å². The highest BCUT2D eigenvalue weighted by Gasteiger charge is 2.22. The van der Waals surface area contributed by atoms with E-state index in [2.05, 4.69) is 5.43 Å². The molecule has 0 spiro atoms. The van der Waals surface area contributed by atoms with Gasteiger partial charge in [0.25, 0.3) is 0 Å². The molecule has 0 aliphatic heterocycles. The Hall–Kier alpha value is -0.770. The fraction of sp³-hybridized carbons (Fsp3) is 0.538. The highest BCUT2D eigenvalue weighted by Crippen LogP contribution is 2.36. The lowest BCUT2D eigenvalue weighted by molar-refractivity contribution is 0.261. The minimum atomic E-state index is 0.187. The molecule has 3 N–H and O–H groups in total. The van der Waals surface area contributed by atoms with Crippen molar-refractivity contribution in [2.24, 2.45) is 11.8 Å². The van der Waals surface area contributed by atoms with Crippen LogP contribution >= 0.6 is 11.6 Å². The highest BCUT2D eigenvalue weighted by atomic mass is 35.5. The van der Waals surface area contributed by atoms with Gasteiger partial charge in [-0.1, -0.05) is 36.9 Å². The maximum Gasteiger partial charge on any atom is 0.137 e. The first-order chi connectivity index (χ1) is 8.24. The van der Waals surface area contributed by atoms with Gasteiger partial charge in [0.05, 0.1) is 12.1 Å². The number of methoxy groups -OCH3 is 1. The molecule has 0 radical (unpaired) electrons. The zero-order valence-electron chi connectivity index (χ0n) is 10.1. The Morgan fingerprint density at radius 2 is 2.29 bits per heavy atom. The summed E-state index contributed by atoms with van der Waals surface area (Å²) >= 11 is 6.01. The molecule has 1 atom stereocenters. The molecule has 0 bridgehead atoms.